The van der Waals surface area contributed by atoms with Gasteiger partial charge in [-0.2, -0.15) is 0 Å². The van der Waals surface area contributed by atoms with E-state index >= 15 is 0 Å². The summed E-state index contributed by atoms with van der Waals surface area (Å²) in [5, 5.41) is 3.14. The van der Waals surface area contributed by atoms with Gasteiger partial charge in [0.2, 0.25) is 5.91 Å². The van der Waals surface area contributed by atoms with E-state index in [0.717, 1.165) is 12.3 Å². The SMILES string of the molecule is CC(C)CC1NC(=O)CC1c1ccc(C2CC2)cc1. The zero-order valence-electron chi connectivity index (χ0n) is 11.9. The molecule has 3 rings (SSSR count). The molecular weight excluding hydrogens is 234 g/mol. The molecule has 2 heteroatoms. The van der Waals surface area contributed by atoms with Crippen molar-refractivity contribution in [1.82, 2.24) is 5.32 Å². The third-order valence-electron chi connectivity index (χ3n) is 4.38. The Morgan fingerprint density at radius 1 is 1.16 bits per heavy atom. The molecule has 1 N–H and O–H groups in total. The monoisotopic (exact) mass is 257 g/mol. The highest BCUT2D eigenvalue weighted by atomic mass is 16.2. The Bertz CT molecular complexity index is 459. The smallest absolute Gasteiger partial charge is 0.220 e. The fraction of sp³-hybridized carbons (Fsp3) is 0.588. The number of carbonyl (C=O) groups is 1. The summed E-state index contributed by atoms with van der Waals surface area (Å²) in [7, 11) is 0. The van der Waals surface area contributed by atoms with E-state index in [1.807, 2.05) is 0 Å². The first kappa shape index (κ1) is 12.7. The van der Waals surface area contributed by atoms with Crippen LogP contribution in [0.25, 0.3) is 0 Å². The quantitative estimate of drug-likeness (QED) is 0.877. The van der Waals surface area contributed by atoms with Crippen LogP contribution in [0.3, 0.4) is 0 Å². The summed E-state index contributed by atoms with van der Waals surface area (Å²) in [6.45, 7) is 4.44. The Morgan fingerprint density at radius 3 is 2.37 bits per heavy atom. The predicted octanol–water partition coefficient (Wildman–Crippen LogP) is 3.58. The molecule has 0 bridgehead atoms. The summed E-state index contributed by atoms with van der Waals surface area (Å²) in [5.74, 6) is 2.01. The second-order valence-electron chi connectivity index (χ2n) is 6.56. The minimum atomic E-state index is 0.210. The normalized spacial score (nSPS) is 26.8. The molecule has 102 valence electrons. The van der Waals surface area contributed by atoms with E-state index in [1.54, 1.807) is 0 Å². The first-order valence-electron chi connectivity index (χ1n) is 7.52. The van der Waals surface area contributed by atoms with Crippen LogP contribution in [0.15, 0.2) is 24.3 Å². The van der Waals surface area contributed by atoms with E-state index in [-0.39, 0.29) is 5.91 Å². The molecule has 2 fully saturated rings. The number of carbonyl (C=O) groups excluding carboxylic acids is 1. The number of benzene rings is 1. The van der Waals surface area contributed by atoms with Gasteiger partial charge in [0.15, 0.2) is 0 Å². The Hall–Kier alpha value is -1.31. The zero-order chi connectivity index (χ0) is 13.4. The molecule has 0 spiro atoms. The van der Waals surface area contributed by atoms with Crippen LogP contribution in [0.1, 0.15) is 62.5 Å². The maximum Gasteiger partial charge on any atom is 0.220 e. The van der Waals surface area contributed by atoms with Gasteiger partial charge in [-0.1, -0.05) is 38.1 Å². The van der Waals surface area contributed by atoms with Crippen molar-refractivity contribution in [2.24, 2.45) is 5.92 Å². The van der Waals surface area contributed by atoms with Crippen LogP contribution in [0.2, 0.25) is 0 Å². The van der Waals surface area contributed by atoms with E-state index in [4.69, 9.17) is 0 Å². The van der Waals surface area contributed by atoms with Crippen molar-refractivity contribution < 1.29 is 4.79 Å². The molecule has 0 aromatic heterocycles. The van der Waals surface area contributed by atoms with Gasteiger partial charge in [0.1, 0.15) is 0 Å². The van der Waals surface area contributed by atoms with Crippen molar-refractivity contribution in [3.63, 3.8) is 0 Å². The lowest BCUT2D eigenvalue weighted by molar-refractivity contribution is -0.119. The van der Waals surface area contributed by atoms with E-state index in [2.05, 4.69) is 43.4 Å². The number of hydrogen-bond donors (Lipinski definition) is 1. The second-order valence-corrected chi connectivity index (χ2v) is 6.56. The molecule has 2 aliphatic rings. The lowest BCUT2D eigenvalue weighted by Gasteiger charge is -2.21. The lowest BCUT2D eigenvalue weighted by Crippen LogP contribution is -2.29. The first-order valence-corrected chi connectivity index (χ1v) is 7.52. The van der Waals surface area contributed by atoms with Crippen molar-refractivity contribution in [3.8, 4) is 0 Å². The van der Waals surface area contributed by atoms with Crippen molar-refractivity contribution in [2.45, 2.75) is 57.4 Å². The minimum absolute atomic E-state index is 0.210. The highest BCUT2D eigenvalue weighted by Crippen LogP contribution is 2.41. The average Bonchev–Trinajstić information content (AvgIpc) is 3.14. The average molecular weight is 257 g/mol. The van der Waals surface area contributed by atoms with E-state index < -0.39 is 0 Å². The van der Waals surface area contributed by atoms with Gasteiger partial charge in [-0.3, -0.25) is 4.79 Å². The van der Waals surface area contributed by atoms with Gasteiger partial charge >= 0.3 is 0 Å². The van der Waals surface area contributed by atoms with Gasteiger partial charge < -0.3 is 5.32 Å². The molecule has 1 aliphatic heterocycles. The fourth-order valence-corrected chi connectivity index (χ4v) is 3.22. The second kappa shape index (κ2) is 4.99. The highest BCUT2D eigenvalue weighted by molar-refractivity contribution is 5.80. The molecular formula is C17H23NO. The van der Waals surface area contributed by atoms with Crippen LogP contribution in [0, 0.1) is 5.92 Å². The number of amides is 1. The van der Waals surface area contributed by atoms with E-state index in [1.165, 1.54) is 24.0 Å². The van der Waals surface area contributed by atoms with Gasteiger partial charge in [-0.15, -0.1) is 0 Å². The summed E-state index contributed by atoms with van der Waals surface area (Å²) in [6, 6.07) is 9.33. The Kier molecular flexibility index (Phi) is 3.34. The van der Waals surface area contributed by atoms with Crippen molar-refractivity contribution in [3.05, 3.63) is 35.4 Å². The number of rotatable bonds is 4. The van der Waals surface area contributed by atoms with Gasteiger partial charge in [0.05, 0.1) is 0 Å². The standard InChI is InChI=1S/C17H23NO/c1-11(2)9-16-15(10-17(19)18-16)14-7-5-13(6-8-14)12-3-4-12/h5-8,11-12,15-16H,3-4,9-10H2,1-2H3,(H,18,19). The fourth-order valence-electron chi connectivity index (χ4n) is 3.22. The van der Waals surface area contributed by atoms with Crippen LogP contribution in [-0.4, -0.2) is 11.9 Å². The molecule has 1 saturated carbocycles. The molecule has 19 heavy (non-hydrogen) atoms. The van der Waals surface area contributed by atoms with E-state index in [0.29, 0.717) is 24.3 Å². The molecule has 2 unspecified atom stereocenters. The number of nitrogens with one attached hydrogen (secondary N) is 1. The number of hydrogen-bond acceptors (Lipinski definition) is 1. The zero-order valence-corrected chi connectivity index (χ0v) is 11.9. The molecule has 1 aliphatic carbocycles. The van der Waals surface area contributed by atoms with Gasteiger partial charge in [0.25, 0.3) is 0 Å². The minimum Gasteiger partial charge on any atom is -0.353 e. The molecule has 1 amide bonds. The van der Waals surface area contributed by atoms with E-state index in [9.17, 15) is 4.79 Å². The van der Waals surface area contributed by atoms with Crippen LogP contribution in [-0.2, 0) is 4.79 Å². The Morgan fingerprint density at radius 2 is 1.79 bits per heavy atom. The molecule has 2 atom stereocenters. The molecule has 1 saturated heterocycles. The molecule has 1 aromatic rings. The first-order chi connectivity index (χ1) is 9.13. The van der Waals surface area contributed by atoms with Crippen LogP contribution >= 0.6 is 0 Å². The Labute approximate surface area is 115 Å². The van der Waals surface area contributed by atoms with Crippen LogP contribution < -0.4 is 5.32 Å². The molecule has 0 radical (unpaired) electrons. The predicted molar refractivity (Wildman–Crippen MR) is 77.2 cm³/mol. The maximum atomic E-state index is 11.7. The van der Waals surface area contributed by atoms with Gasteiger partial charge in [-0.05, 0) is 42.2 Å². The third-order valence-corrected chi connectivity index (χ3v) is 4.38. The summed E-state index contributed by atoms with van der Waals surface area (Å²) in [4.78, 5) is 11.7. The van der Waals surface area contributed by atoms with Gasteiger partial charge in [-0.25, -0.2) is 0 Å². The largest absolute Gasteiger partial charge is 0.353 e. The highest BCUT2D eigenvalue weighted by Gasteiger charge is 2.33. The summed E-state index contributed by atoms with van der Waals surface area (Å²) >= 11 is 0. The van der Waals surface area contributed by atoms with Crippen LogP contribution in [0.4, 0.5) is 0 Å². The summed E-state index contributed by atoms with van der Waals surface area (Å²) in [5.41, 5.74) is 2.80. The summed E-state index contributed by atoms with van der Waals surface area (Å²) < 4.78 is 0. The van der Waals surface area contributed by atoms with Crippen molar-refractivity contribution >= 4 is 5.91 Å². The molecule has 1 aromatic carbocycles. The van der Waals surface area contributed by atoms with Crippen molar-refractivity contribution in [1.29, 1.82) is 0 Å². The lowest BCUT2D eigenvalue weighted by atomic mass is 9.87. The molecule has 2 nitrogen and oxygen atoms in total. The molecule has 1 heterocycles. The van der Waals surface area contributed by atoms with Gasteiger partial charge in [0, 0.05) is 18.4 Å². The summed E-state index contributed by atoms with van der Waals surface area (Å²) in [6.07, 6.45) is 4.42. The topological polar surface area (TPSA) is 29.1 Å². The van der Waals surface area contributed by atoms with Crippen molar-refractivity contribution in [2.75, 3.05) is 0 Å². The maximum absolute atomic E-state index is 11.7. The van der Waals surface area contributed by atoms with Crippen LogP contribution in [0.5, 0.6) is 0 Å². The third kappa shape index (κ3) is 2.83. The Balaban J connectivity index is 1.76.